The van der Waals surface area contributed by atoms with Crippen LogP contribution in [0.25, 0.3) is 22.2 Å². The summed E-state index contributed by atoms with van der Waals surface area (Å²) in [5.41, 5.74) is 5.09. The quantitative estimate of drug-likeness (QED) is 0.673. The summed E-state index contributed by atoms with van der Waals surface area (Å²) in [5, 5.41) is 13.3. The zero-order valence-corrected chi connectivity index (χ0v) is 16.9. The molecule has 0 amide bonds. The first-order valence-corrected chi connectivity index (χ1v) is 10.1. The first-order chi connectivity index (χ1) is 14.1. The lowest BCUT2D eigenvalue weighted by Crippen LogP contribution is -2.46. The Balaban J connectivity index is 1.56. The van der Waals surface area contributed by atoms with Crippen LogP contribution in [-0.4, -0.2) is 46.2 Å². The number of hydrogen-bond donors (Lipinski definition) is 2. The van der Waals surface area contributed by atoms with E-state index in [0.29, 0.717) is 6.42 Å². The lowest BCUT2D eigenvalue weighted by atomic mass is 9.97. The van der Waals surface area contributed by atoms with Gasteiger partial charge in [0.2, 0.25) is 0 Å². The molecule has 2 unspecified atom stereocenters. The summed E-state index contributed by atoms with van der Waals surface area (Å²) in [6.07, 6.45) is 3.33. The van der Waals surface area contributed by atoms with Crippen LogP contribution in [0.2, 0.25) is 0 Å². The molecule has 0 saturated carbocycles. The highest BCUT2D eigenvalue weighted by Crippen LogP contribution is 2.31. The number of carbonyl (C=O) groups excluding carboxylic acids is 1. The highest BCUT2D eigenvalue weighted by molar-refractivity contribution is 5.88. The number of fused-ring (bicyclic) bond motifs is 1. The van der Waals surface area contributed by atoms with E-state index in [2.05, 4.69) is 29.4 Å². The Labute approximate surface area is 170 Å². The third-order valence-electron chi connectivity index (χ3n) is 5.77. The number of aliphatic hydroxyl groups excluding tert-OH is 1. The number of aryl methyl sites for hydroxylation is 1. The Morgan fingerprint density at radius 1 is 1.34 bits per heavy atom. The molecule has 1 aromatic heterocycles. The van der Waals surface area contributed by atoms with E-state index in [1.807, 2.05) is 28.8 Å². The van der Waals surface area contributed by atoms with Crippen molar-refractivity contribution in [2.24, 2.45) is 0 Å². The van der Waals surface area contributed by atoms with Gasteiger partial charge in [0.05, 0.1) is 37.1 Å². The number of carbonyl (C=O) groups is 1. The number of ether oxygens (including phenoxy) is 1. The Kier molecular flexibility index (Phi) is 5.65. The lowest BCUT2D eigenvalue weighted by Gasteiger charge is -2.28. The molecule has 0 spiro atoms. The van der Waals surface area contributed by atoms with Crippen molar-refractivity contribution in [1.82, 2.24) is 14.9 Å². The molecule has 1 aliphatic rings. The summed E-state index contributed by atoms with van der Waals surface area (Å²) in [5.74, 6) is 0.911. The zero-order valence-electron chi connectivity index (χ0n) is 16.9. The van der Waals surface area contributed by atoms with Crippen molar-refractivity contribution in [1.29, 1.82) is 0 Å². The average Bonchev–Trinajstić information content (AvgIpc) is 3.13. The van der Waals surface area contributed by atoms with Gasteiger partial charge in [-0.3, -0.25) is 4.79 Å². The second-order valence-electron chi connectivity index (χ2n) is 7.72. The van der Waals surface area contributed by atoms with Gasteiger partial charge in [-0.2, -0.15) is 0 Å². The predicted molar refractivity (Wildman–Crippen MR) is 113 cm³/mol. The average molecular weight is 393 g/mol. The molecule has 0 bridgehead atoms. The minimum Gasteiger partial charge on any atom is -0.497 e. The van der Waals surface area contributed by atoms with E-state index in [-0.39, 0.29) is 18.4 Å². The molecule has 0 radical (unpaired) electrons. The van der Waals surface area contributed by atoms with Gasteiger partial charge in [0.1, 0.15) is 5.75 Å². The molecule has 2 atom stereocenters. The van der Waals surface area contributed by atoms with E-state index in [4.69, 9.17) is 4.74 Å². The molecule has 6 nitrogen and oxygen atoms in total. The molecule has 4 rings (SSSR count). The number of nitrogens with one attached hydrogen (secondary N) is 1. The number of ketones is 1. The van der Waals surface area contributed by atoms with Crippen molar-refractivity contribution < 1.29 is 14.6 Å². The van der Waals surface area contributed by atoms with Crippen LogP contribution >= 0.6 is 0 Å². The van der Waals surface area contributed by atoms with Crippen LogP contribution < -0.4 is 10.1 Å². The third kappa shape index (κ3) is 4.04. The third-order valence-corrected chi connectivity index (χ3v) is 5.77. The maximum absolute atomic E-state index is 12.6. The normalized spacial score (nSPS) is 19.4. The number of benzene rings is 2. The van der Waals surface area contributed by atoms with Gasteiger partial charge in [-0.05, 0) is 61.2 Å². The standard InChI is InChI=1S/C23H27N3O3/c1-15-19(16-5-3-6-18(11-16)29-2)8-9-21-23(15)25-14-26(21)13-17(27)12-20-22(28)7-4-10-24-20/h3,5-6,8-9,11,14,20,22,24,28H,4,7,10,12-13H2,1-2H3. The van der Waals surface area contributed by atoms with Crippen LogP contribution in [0, 0.1) is 6.92 Å². The van der Waals surface area contributed by atoms with E-state index in [1.165, 1.54) is 0 Å². The number of hydrogen-bond acceptors (Lipinski definition) is 5. The smallest absolute Gasteiger partial charge is 0.154 e. The Bertz CT molecular complexity index is 1030. The predicted octanol–water partition coefficient (Wildman–Crippen LogP) is 3.09. The van der Waals surface area contributed by atoms with Crippen molar-refractivity contribution in [2.45, 2.75) is 44.9 Å². The van der Waals surface area contributed by atoms with Crippen molar-refractivity contribution in [3.63, 3.8) is 0 Å². The molecule has 0 aliphatic carbocycles. The Hall–Kier alpha value is -2.70. The summed E-state index contributed by atoms with van der Waals surface area (Å²) in [6, 6.07) is 11.9. The topological polar surface area (TPSA) is 76.4 Å². The van der Waals surface area contributed by atoms with Crippen molar-refractivity contribution in [3.05, 3.63) is 48.3 Å². The molecule has 2 aromatic carbocycles. The molecular weight excluding hydrogens is 366 g/mol. The minimum absolute atomic E-state index is 0.0947. The number of aromatic nitrogens is 2. The van der Waals surface area contributed by atoms with Gasteiger partial charge in [0.15, 0.2) is 5.78 Å². The van der Waals surface area contributed by atoms with E-state index < -0.39 is 6.10 Å². The second-order valence-corrected chi connectivity index (χ2v) is 7.72. The first-order valence-electron chi connectivity index (χ1n) is 10.1. The number of piperidine rings is 1. The van der Waals surface area contributed by atoms with Crippen molar-refractivity contribution in [2.75, 3.05) is 13.7 Å². The van der Waals surface area contributed by atoms with Crippen LogP contribution in [0.4, 0.5) is 0 Å². The second kappa shape index (κ2) is 8.35. The number of aliphatic hydroxyl groups is 1. The van der Waals surface area contributed by atoms with Gasteiger partial charge in [-0.15, -0.1) is 0 Å². The lowest BCUT2D eigenvalue weighted by molar-refractivity contribution is -0.121. The van der Waals surface area contributed by atoms with Crippen LogP contribution in [0.1, 0.15) is 24.8 Å². The number of Topliss-reactive ketones (excluding diaryl/α,β-unsaturated/α-hetero) is 1. The fraction of sp³-hybridized carbons (Fsp3) is 0.391. The highest BCUT2D eigenvalue weighted by atomic mass is 16.5. The SMILES string of the molecule is COc1cccc(-c2ccc3c(ncn3CC(=O)CC3NCCCC3O)c2C)c1. The molecule has 1 aliphatic heterocycles. The Morgan fingerprint density at radius 2 is 2.21 bits per heavy atom. The number of imidazole rings is 1. The van der Waals surface area contributed by atoms with Gasteiger partial charge in [-0.1, -0.05) is 18.2 Å². The van der Waals surface area contributed by atoms with Gasteiger partial charge in [-0.25, -0.2) is 4.98 Å². The maximum Gasteiger partial charge on any atom is 0.154 e. The van der Waals surface area contributed by atoms with Crippen LogP contribution in [0.3, 0.4) is 0 Å². The molecule has 6 heteroatoms. The number of methoxy groups -OCH3 is 1. The molecule has 29 heavy (non-hydrogen) atoms. The van der Waals surface area contributed by atoms with Gasteiger partial charge in [0, 0.05) is 12.5 Å². The first kappa shape index (κ1) is 19.6. The Morgan fingerprint density at radius 3 is 3.00 bits per heavy atom. The summed E-state index contributed by atoms with van der Waals surface area (Å²) in [7, 11) is 1.66. The molecular formula is C23H27N3O3. The van der Waals surface area contributed by atoms with E-state index in [0.717, 1.165) is 52.9 Å². The molecule has 1 fully saturated rings. The minimum atomic E-state index is -0.445. The van der Waals surface area contributed by atoms with Crippen LogP contribution in [-0.2, 0) is 11.3 Å². The van der Waals surface area contributed by atoms with E-state index in [9.17, 15) is 9.90 Å². The van der Waals surface area contributed by atoms with Gasteiger partial charge in [0.25, 0.3) is 0 Å². The number of nitrogens with zero attached hydrogens (tertiary/aromatic N) is 2. The van der Waals surface area contributed by atoms with Crippen molar-refractivity contribution in [3.8, 4) is 16.9 Å². The largest absolute Gasteiger partial charge is 0.497 e. The fourth-order valence-electron chi connectivity index (χ4n) is 4.14. The monoisotopic (exact) mass is 393 g/mol. The van der Waals surface area contributed by atoms with Gasteiger partial charge >= 0.3 is 0 Å². The summed E-state index contributed by atoms with van der Waals surface area (Å²) < 4.78 is 7.24. The van der Waals surface area contributed by atoms with E-state index in [1.54, 1.807) is 13.4 Å². The summed E-state index contributed by atoms with van der Waals surface area (Å²) >= 11 is 0. The highest BCUT2D eigenvalue weighted by Gasteiger charge is 2.25. The van der Waals surface area contributed by atoms with Crippen LogP contribution in [0.5, 0.6) is 5.75 Å². The molecule has 2 heterocycles. The molecule has 3 aromatic rings. The summed E-state index contributed by atoms with van der Waals surface area (Å²) in [4.78, 5) is 17.2. The van der Waals surface area contributed by atoms with Crippen molar-refractivity contribution >= 4 is 16.8 Å². The van der Waals surface area contributed by atoms with E-state index >= 15 is 0 Å². The summed E-state index contributed by atoms with van der Waals surface area (Å²) in [6.45, 7) is 3.17. The zero-order chi connectivity index (χ0) is 20.4. The number of rotatable bonds is 6. The van der Waals surface area contributed by atoms with Crippen LogP contribution in [0.15, 0.2) is 42.7 Å². The molecule has 1 saturated heterocycles. The fourth-order valence-corrected chi connectivity index (χ4v) is 4.14. The van der Waals surface area contributed by atoms with Gasteiger partial charge < -0.3 is 19.7 Å². The molecule has 152 valence electrons. The molecule has 2 N–H and O–H groups in total. The maximum atomic E-state index is 12.6.